The molecule has 212 valence electrons. The van der Waals surface area contributed by atoms with Gasteiger partial charge in [0.1, 0.15) is 19.0 Å². The van der Waals surface area contributed by atoms with Gasteiger partial charge in [0.25, 0.3) is 5.69 Å². The standard InChI is InChI=1S/C30H34N2O8/c1-31(30(33)40-22-29-27-8-4-2-6-25(27)26-7-3-5-9-28(26)29)14-15-36-16-17-37-18-19-38-20-21-39-24-12-10-23(11-13-24)32(34)35/h2-13,29H,14-22H2,1H3. The van der Waals surface area contributed by atoms with Crippen molar-refractivity contribution < 1.29 is 33.4 Å². The molecule has 40 heavy (non-hydrogen) atoms. The first-order valence-electron chi connectivity index (χ1n) is 13.2. The predicted octanol–water partition coefficient (Wildman–Crippen LogP) is 4.90. The molecule has 0 fully saturated rings. The summed E-state index contributed by atoms with van der Waals surface area (Å²) in [6.07, 6.45) is -0.378. The number of carbonyl (C=O) groups is 1. The number of amides is 1. The van der Waals surface area contributed by atoms with Crippen molar-refractivity contribution in [1.82, 2.24) is 4.90 Å². The highest BCUT2D eigenvalue weighted by Crippen LogP contribution is 2.44. The molecule has 0 unspecified atom stereocenters. The summed E-state index contributed by atoms with van der Waals surface area (Å²) in [4.78, 5) is 24.2. The number of hydrogen-bond donors (Lipinski definition) is 0. The third kappa shape index (κ3) is 8.01. The van der Waals surface area contributed by atoms with Crippen LogP contribution in [-0.4, -0.2) is 82.4 Å². The summed E-state index contributed by atoms with van der Waals surface area (Å²) in [6, 6.07) is 22.4. The highest BCUT2D eigenvalue weighted by atomic mass is 16.6. The Bertz CT molecular complexity index is 1200. The van der Waals surface area contributed by atoms with Gasteiger partial charge < -0.3 is 28.6 Å². The molecular weight excluding hydrogens is 516 g/mol. The van der Waals surface area contributed by atoms with E-state index in [1.807, 2.05) is 24.3 Å². The van der Waals surface area contributed by atoms with Crippen molar-refractivity contribution in [3.8, 4) is 16.9 Å². The van der Waals surface area contributed by atoms with Gasteiger partial charge in [-0.2, -0.15) is 0 Å². The maximum absolute atomic E-state index is 12.5. The molecule has 1 amide bonds. The van der Waals surface area contributed by atoms with Crippen LogP contribution in [0, 0.1) is 10.1 Å². The Kier molecular flexibility index (Phi) is 10.9. The average molecular weight is 551 g/mol. The fraction of sp³-hybridized carbons (Fsp3) is 0.367. The molecular formula is C30H34N2O8. The molecule has 0 bridgehead atoms. The first kappa shape index (κ1) is 29.0. The first-order chi connectivity index (χ1) is 19.5. The highest BCUT2D eigenvalue weighted by molar-refractivity contribution is 5.79. The molecule has 0 atom stereocenters. The molecule has 0 N–H and O–H groups in total. The van der Waals surface area contributed by atoms with Gasteiger partial charge in [0.2, 0.25) is 0 Å². The number of rotatable bonds is 16. The van der Waals surface area contributed by atoms with E-state index in [9.17, 15) is 14.9 Å². The summed E-state index contributed by atoms with van der Waals surface area (Å²) in [6.45, 7) is 3.43. The molecule has 1 aliphatic rings. The fourth-order valence-electron chi connectivity index (χ4n) is 4.42. The minimum absolute atomic E-state index is 0.0207. The zero-order valence-electron chi connectivity index (χ0n) is 22.5. The van der Waals surface area contributed by atoms with Crippen LogP contribution in [-0.2, 0) is 18.9 Å². The number of likely N-dealkylation sites (N-methyl/N-ethyl adjacent to an activating group) is 1. The van der Waals surface area contributed by atoms with Gasteiger partial charge in [-0.25, -0.2) is 4.79 Å². The predicted molar refractivity (Wildman–Crippen MR) is 149 cm³/mol. The van der Waals surface area contributed by atoms with E-state index < -0.39 is 4.92 Å². The van der Waals surface area contributed by atoms with Gasteiger partial charge >= 0.3 is 6.09 Å². The Balaban J connectivity index is 1.00. The number of non-ortho nitro benzene ring substituents is 1. The second-order valence-electron chi connectivity index (χ2n) is 9.16. The van der Waals surface area contributed by atoms with Crippen molar-refractivity contribution in [3.63, 3.8) is 0 Å². The molecule has 0 aromatic heterocycles. The van der Waals surface area contributed by atoms with Gasteiger partial charge in [-0.05, 0) is 34.4 Å². The molecule has 4 rings (SSSR count). The molecule has 10 nitrogen and oxygen atoms in total. The summed E-state index contributed by atoms with van der Waals surface area (Å²) in [5.41, 5.74) is 4.78. The first-order valence-corrected chi connectivity index (χ1v) is 13.2. The summed E-state index contributed by atoms with van der Waals surface area (Å²) in [5.74, 6) is 0.580. The number of benzene rings is 3. The van der Waals surface area contributed by atoms with E-state index in [0.29, 0.717) is 58.5 Å². The van der Waals surface area contributed by atoms with Crippen LogP contribution in [0.3, 0.4) is 0 Å². The lowest BCUT2D eigenvalue weighted by atomic mass is 9.98. The normalized spacial score (nSPS) is 12.0. The fourth-order valence-corrected chi connectivity index (χ4v) is 4.42. The number of hydrogen-bond acceptors (Lipinski definition) is 8. The van der Waals surface area contributed by atoms with E-state index in [1.165, 1.54) is 39.3 Å². The number of fused-ring (bicyclic) bond motifs is 3. The second-order valence-corrected chi connectivity index (χ2v) is 9.16. The SMILES string of the molecule is CN(CCOCCOCCOCCOc1ccc([N+](=O)[O-])cc1)C(=O)OCC1c2ccccc2-c2ccccc21. The third-order valence-corrected chi connectivity index (χ3v) is 6.51. The maximum Gasteiger partial charge on any atom is 0.409 e. The van der Waals surface area contributed by atoms with Crippen LogP contribution in [0.2, 0.25) is 0 Å². The van der Waals surface area contributed by atoms with Crippen molar-refractivity contribution in [1.29, 1.82) is 0 Å². The Morgan fingerprint density at radius 2 is 1.30 bits per heavy atom. The van der Waals surface area contributed by atoms with E-state index >= 15 is 0 Å². The Labute approximate surface area is 233 Å². The van der Waals surface area contributed by atoms with E-state index in [4.69, 9.17) is 23.7 Å². The summed E-state index contributed by atoms with van der Waals surface area (Å²) in [7, 11) is 1.70. The average Bonchev–Trinajstić information content (AvgIpc) is 3.30. The highest BCUT2D eigenvalue weighted by Gasteiger charge is 2.29. The van der Waals surface area contributed by atoms with Crippen molar-refractivity contribution in [3.05, 3.63) is 94.0 Å². The lowest BCUT2D eigenvalue weighted by molar-refractivity contribution is -0.384. The minimum atomic E-state index is -0.455. The van der Waals surface area contributed by atoms with Gasteiger partial charge in [-0.1, -0.05) is 48.5 Å². The van der Waals surface area contributed by atoms with Gasteiger partial charge in [0, 0.05) is 31.6 Å². The number of ether oxygens (including phenoxy) is 5. The third-order valence-electron chi connectivity index (χ3n) is 6.51. The lowest BCUT2D eigenvalue weighted by Gasteiger charge is -2.19. The van der Waals surface area contributed by atoms with Crippen LogP contribution >= 0.6 is 0 Å². The molecule has 0 heterocycles. The Hall–Kier alpha value is -3.99. The molecule has 0 spiro atoms. The van der Waals surface area contributed by atoms with E-state index in [2.05, 4.69) is 24.3 Å². The molecule has 0 saturated carbocycles. The van der Waals surface area contributed by atoms with E-state index in [1.54, 1.807) is 19.2 Å². The summed E-state index contributed by atoms with van der Waals surface area (Å²) in [5, 5.41) is 10.6. The van der Waals surface area contributed by atoms with Crippen LogP contribution in [0.15, 0.2) is 72.8 Å². The van der Waals surface area contributed by atoms with Crippen molar-refractivity contribution in [2.45, 2.75) is 5.92 Å². The number of nitro benzene ring substituents is 1. The number of carbonyl (C=O) groups excluding carboxylic acids is 1. The monoisotopic (exact) mass is 550 g/mol. The minimum Gasteiger partial charge on any atom is -0.491 e. The van der Waals surface area contributed by atoms with Crippen LogP contribution in [0.25, 0.3) is 11.1 Å². The van der Waals surface area contributed by atoms with Gasteiger partial charge in [-0.15, -0.1) is 0 Å². The smallest absolute Gasteiger partial charge is 0.409 e. The maximum atomic E-state index is 12.5. The molecule has 3 aromatic rings. The second kappa shape index (κ2) is 15.0. The lowest BCUT2D eigenvalue weighted by Crippen LogP contribution is -2.32. The molecule has 1 aliphatic carbocycles. The molecule has 0 saturated heterocycles. The van der Waals surface area contributed by atoms with Crippen molar-refractivity contribution in [2.75, 3.05) is 66.4 Å². The summed E-state index contributed by atoms with van der Waals surface area (Å²) < 4.78 is 27.6. The topological polar surface area (TPSA) is 110 Å². The van der Waals surface area contributed by atoms with E-state index in [-0.39, 0.29) is 24.3 Å². The van der Waals surface area contributed by atoms with E-state index in [0.717, 1.165) is 0 Å². The van der Waals surface area contributed by atoms with Crippen molar-refractivity contribution >= 4 is 11.8 Å². The van der Waals surface area contributed by atoms with Crippen LogP contribution in [0.1, 0.15) is 17.0 Å². The van der Waals surface area contributed by atoms with Crippen LogP contribution in [0.4, 0.5) is 10.5 Å². The Morgan fingerprint density at radius 1 is 0.775 bits per heavy atom. The van der Waals surface area contributed by atoms with Crippen molar-refractivity contribution in [2.24, 2.45) is 0 Å². The zero-order valence-corrected chi connectivity index (χ0v) is 22.5. The molecule has 10 heteroatoms. The largest absolute Gasteiger partial charge is 0.491 e. The van der Waals surface area contributed by atoms with Gasteiger partial charge in [0.05, 0.1) is 44.6 Å². The molecule has 0 radical (unpaired) electrons. The zero-order chi connectivity index (χ0) is 28.2. The number of nitrogens with zero attached hydrogens (tertiary/aromatic N) is 2. The Morgan fingerprint density at radius 3 is 1.88 bits per heavy atom. The van der Waals surface area contributed by atoms with Crippen LogP contribution in [0.5, 0.6) is 5.75 Å². The van der Waals surface area contributed by atoms with Gasteiger partial charge in [-0.3, -0.25) is 10.1 Å². The summed E-state index contributed by atoms with van der Waals surface area (Å²) >= 11 is 0. The quantitative estimate of drug-likeness (QED) is 0.141. The molecule has 0 aliphatic heterocycles. The molecule has 3 aromatic carbocycles. The van der Waals surface area contributed by atoms with Gasteiger partial charge in [0.15, 0.2) is 0 Å². The van der Waals surface area contributed by atoms with Crippen LogP contribution < -0.4 is 4.74 Å². The number of nitro groups is 1.